The molecule has 3 atom stereocenters. The number of carbonyl (C=O) groups is 2. The van der Waals surface area contributed by atoms with Crippen LogP contribution in [0.15, 0.2) is 33.7 Å². The average molecular weight is 340 g/mol. The lowest BCUT2D eigenvalue weighted by Crippen LogP contribution is -2.72. The molecule has 1 saturated heterocycles. The van der Waals surface area contributed by atoms with E-state index >= 15 is 0 Å². The first-order valence-electron chi connectivity index (χ1n) is 6.34. The van der Waals surface area contributed by atoms with Gasteiger partial charge in [-0.2, -0.15) is 5.10 Å². The molecule has 8 nitrogen and oxygen atoms in total. The van der Waals surface area contributed by atoms with Crippen molar-refractivity contribution in [1.82, 2.24) is 15.1 Å². The van der Waals surface area contributed by atoms with Gasteiger partial charge in [0.25, 0.3) is 16.8 Å². The Morgan fingerprint density at radius 1 is 1.55 bits per heavy atom. The molecular weight excluding hydrogens is 328 g/mol. The zero-order valence-corrected chi connectivity index (χ0v) is 12.9. The molecule has 0 aromatic carbocycles. The molecule has 0 radical (unpaired) electrons. The standard InChI is InChI=1S/C12H12N4O4S2/c13-9-10(18)16-3-6(5-22(11(9)16)12(19)20)4-21-8-2-1-7(17)14-15-8/h1-3,9,11H,4-5,13H2,(H-,14,17,19,20)/t9?,11-,22?/m1/s1. The topological polar surface area (TPSA) is 132 Å². The van der Waals surface area contributed by atoms with Crippen LogP contribution in [0, 0.1) is 0 Å². The van der Waals surface area contributed by atoms with Crippen molar-refractivity contribution in [1.29, 1.82) is 0 Å². The number of fused-ring (bicyclic) bond motifs is 1. The number of carbonyl (C=O) groups excluding carboxylic acids is 2. The van der Waals surface area contributed by atoms with Gasteiger partial charge in [0.15, 0.2) is 6.04 Å². The van der Waals surface area contributed by atoms with Gasteiger partial charge in [-0.3, -0.25) is 14.5 Å². The number of hydrogen-bond donors (Lipinski definition) is 2. The van der Waals surface area contributed by atoms with Crippen molar-refractivity contribution in [3.05, 3.63) is 34.3 Å². The molecule has 3 rings (SSSR count). The molecule has 0 bridgehead atoms. The second-order valence-electron chi connectivity index (χ2n) is 4.82. The lowest BCUT2D eigenvalue weighted by atomic mass is 10.1. The van der Waals surface area contributed by atoms with Gasteiger partial charge in [-0.05, 0) is 6.07 Å². The monoisotopic (exact) mass is 340 g/mol. The number of hydrogen-bond acceptors (Lipinski definition) is 7. The number of nitrogens with zero attached hydrogens (tertiary/aromatic N) is 2. The number of amides is 1. The summed E-state index contributed by atoms with van der Waals surface area (Å²) in [7, 11) is -1.10. The molecular formula is C12H12N4O4S2. The molecule has 3 N–H and O–H groups in total. The zero-order valence-electron chi connectivity index (χ0n) is 11.2. The summed E-state index contributed by atoms with van der Waals surface area (Å²) in [5, 5.41) is 16.4. The van der Waals surface area contributed by atoms with Gasteiger partial charge in [-0.25, -0.2) is 5.10 Å². The van der Waals surface area contributed by atoms with E-state index in [4.69, 9.17) is 5.73 Å². The number of thioether (sulfide) groups is 1. The third-order valence-corrected chi connectivity index (χ3v) is 6.60. The van der Waals surface area contributed by atoms with Gasteiger partial charge in [0, 0.05) is 23.6 Å². The molecule has 2 unspecified atom stereocenters. The van der Waals surface area contributed by atoms with Gasteiger partial charge < -0.3 is 15.6 Å². The quantitative estimate of drug-likeness (QED) is 0.377. The summed E-state index contributed by atoms with van der Waals surface area (Å²) in [5.41, 5.74) is 6.19. The summed E-state index contributed by atoms with van der Waals surface area (Å²) < 4.78 is 0. The lowest BCUT2D eigenvalue weighted by molar-refractivity contribution is -0.233. The van der Waals surface area contributed by atoms with Crippen molar-refractivity contribution in [3.63, 3.8) is 0 Å². The van der Waals surface area contributed by atoms with Gasteiger partial charge in [0.2, 0.25) is 5.37 Å². The Morgan fingerprint density at radius 3 is 2.95 bits per heavy atom. The van der Waals surface area contributed by atoms with Crippen LogP contribution in [0.1, 0.15) is 0 Å². The highest BCUT2D eigenvalue weighted by Gasteiger charge is 2.58. The van der Waals surface area contributed by atoms with E-state index in [9.17, 15) is 19.5 Å². The maximum absolute atomic E-state index is 11.7. The summed E-state index contributed by atoms with van der Waals surface area (Å²) in [6.45, 7) is 0. The largest absolute Gasteiger partial charge is 0.504 e. The van der Waals surface area contributed by atoms with Crippen LogP contribution in [0.5, 0.6) is 0 Å². The van der Waals surface area contributed by atoms with Gasteiger partial charge in [-0.15, -0.1) is 0 Å². The molecule has 3 heterocycles. The first-order valence-corrected chi connectivity index (χ1v) is 8.78. The van der Waals surface area contributed by atoms with Crippen LogP contribution in [-0.4, -0.2) is 49.2 Å². The van der Waals surface area contributed by atoms with Crippen LogP contribution >= 0.6 is 11.8 Å². The molecule has 1 aromatic heterocycles. The SMILES string of the molecule is NC1C(=O)N2C=C(CSc3ccc(=O)[nH]n3)C[S+](C(=O)[O-])[C@H]12. The Kier molecular flexibility index (Phi) is 3.98. The molecule has 1 fully saturated rings. The van der Waals surface area contributed by atoms with E-state index in [0.717, 1.165) is 5.57 Å². The van der Waals surface area contributed by atoms with Crippen molar-refractivity contribution >= 4 is 33.9 Å². The summed E-state index contributed by atoms with van der Waals surface area (Å²) >= 11 is 1.35. The van der Waals surface area contributed by atoms with E-state index < -0.39 is 27.6 Å². The van der Waals surface area contributed by atoms with E-state index in [2.05, 4.69) is 10.2 Å². The fraction of sp³-hybridized carbons (Fsp3) is 0.333. The van der Waals surface area contributed by atoms with E-state index in [1.54, 1.807) is 12.3 Å². The van der Waals surface area contributed by atoms with E-state index in [1.165, 1.54) is 22.7 Å². The Hall–Kier alpha value is -1.78. The molecule has 22 heavy (non-hydrogen) atoms. The highest BCUT2D eigenvalue weighted by Crippen LogP contribution is 2.33. The number of carboxylic acid groups (broad SMARTS) is 1. The Labute approximate surface area is 132 Å². The Balaban J connectivity index is 1.72. The summed E-state index contributed by atoms with van der Waals surface area (Å²) in [6, 6.07) is 2.19. The molecule has 116 valence electrons. The molecule has 2 aliphatic heterocycles. The summed E-state index contributed by atoms with van der Waals surface area (Å²) in [6.07, 6.45) is 1.67. The summed E-state index contributed by atoms with van der Waals surface area (Å²) in [5.74, 6) is 0.524. The first-order chi connectivity index (χ1) is 10.5. The predicted octanol–water partition coefficient (Wildman–Crippen LogP) is -1.78. The van der Waals surface area contributed by atoms with Crippen molar-refractivity contribution in [2.45, 2.75) is 16.4 Å². The third kappa shape index (κ3) is 2.64. The fourth-order valence-electron chi connectivity index (χ4n) is 2.30. The maximum atomic E-state index is 11.7. The van der Waals surface area contributed by atoms with Gasteiger partial charge in [0.1, 0.15) is 10.8 Å². The molecule has 2 aliphatic rings. The number of aromatic amines is 1. The number of H-pyrrole nitrogens is 1. The minimum absolute atomic E-state index is 0.270. The van der Waals surface area contributed by atoms with Crippen molar-refractivity contribution in [2.75, 3.05) is 11.5 Å². The number of β-lactam (4-membered cyclic amide) rings is 1. The molecule has 10 heteroatoms. The van der Waals surface area contributed by atoms with E-state index in [1.807, 2.05) is 0 Å². The maximum Gasteiger partial charge on any atom is 0.275 e. The minimum Gasteiger partial charge on any atom is -0.504 e. The van der Waals surface area contributed by atoms with Crippen LogP contribution in [-0.2, 0) is 15.7 Å². The molecule has 1 amide bonds. The number of rotatable bonds is 3. The molecule has 0 aliphatic carbocycles. The predicted molar refractivity (Wildman–Crippen MR) is 79.9 cm³/mol. The number of nitrogens with one attached hydrogen (secondary N) is 1. The Morgan fingerprint density at radius 2 is 2.32 bits per heavy atom. The third-order valence-electron chi connectivity index (χ3n) is 3.35. The highest BCUT2D eigenvalue weighted by atomic mass is 32.2. The second kappa shape index (κ2) is 5.78. The molecule has 0 saturated carbocycles. The van der Waals surface area contributed by atoms with Crippen LogP contribution in [0.2, 0.25) is 0 Å². The summed E-state index contributed by atoms with van der Waals surface area (Å²) in [4.78, 5) is 35.3. The van der Waals surface area contributed by atoms with Crippen molar-refractivity contribution < 1.29 is 14.7 Å². The van der Waals surface area contributed by atoms with Crippen molar-refractivity contribution in [2.24, 2.45) is 5.73 Å². The Bertz CT molecular complexity index is 699. The van der Waals surface area contributed by atoms with Gasteiger partial charge >= 0.3 is 0 Å². The fourth-order valence-corrected chi connectivity index (χ4v) is 5.18. The highest BCUT2D eigenvalue weighted by molar-refractivity contribution is 8.11. The van der Waals surface area contributed by atoms with Crippen LogP contribution < -0.4 is 16.4 Å². The normalized spacial score (nSPS) is 27.0. The van der Waals surface area contributed by atoms with E-state index in [-0.39, 0.29) is 11.5 Å². The lowest BCUT2D eigenvalue weighted by Gasteiger charge is -2.43. The van der Waals surface area contributed by atoms with Gasteiger partial charge in [0.05, 0.1) is 10.9 Å². The van der Waals surface area contributed by atoms with Crippen molar-refractivity contribution in [3.8, 4) is 0 Å². The van der Waals surface area contributed by atoms with E-state index in [0.29, 0.717) is 16.5 Å². The molecule has 0 spiro atoms. The average Bonchev–Trinajstić information content (AvgIpc) is 2.52. The van der Waals surface area contributed by atoms with Gasteiger partial charge in [-0.1, -0.05) is 11.8 Å². The van der Waals surface area contributed by atoms with Crippen LogP contribution in [0.25, 0.3) is 0 Å². The smallest absolute Gasteiger partial charge is 0.275 e. The van der Waals surface area contributed by atoms with Crippen LogP contribution in [0.4, 0.5) is 4.79 Å². The number of nitrogens with two attached hydrogens (primary N) is 1. The minimum atomic E-state index is -1.17. The first kappa shape index (κ1) is 15.1. The zero-order chi connectivity index (χ0) is 15.9. The number of aromatic nitrogens is 2. The van der Waals surface area contributed by atoms with Crippen LogP contribution in [0.3, 0.4) is 0 Å². The second-order valence-corrected chi connectivity index (χ2v) is 7.78. The molecule has 1 aromatic rings.